The van der Waals surface area contributed by atoms with Gasteiger partial charge in [0.25, 0.3) is 0 Å². The van der Waals surface area contributed by atoms with Crippen LogP contribution < -0.4 is 10.1 Å². The van der Waals surface area contributed by atoms with Crippen molar-refractivity contribution in [3.05, 3.63) is 18.3 Å². The number of rotatable bonds is 4. The van der Waals surface area contributed by atoms with Crippen molar-refractivity contribution in [2.75, 3.05) is 18.3 Å². The van der Waals surface area contributed by atoms with E-state index in [4.69, 9.17) is 16.3 Å². The average molecular weight is 227 g/mol. The summed E-state index contributed by atoms with van der Waals surface area (Å²) in [4.78, 5) is 4.27. The molecule has 1 aliphatic rings. The fourth-order valence-electron chi connectivity index (χ4n) is 1.80. The Balaban J connectivity index is 2.15. The molecule has 0 radical (unpaired) electrons. The van der Waals surface area contributed by atoms with Crippen molar-refractivity contribution in [1.82, 2.24) is 4.98 Å². The van der Waals surface area contributed by atoms with Crippen LogP contribution in [-0.4, -0.2) is 23.5 Å². The Hall–Kier alpha value is -0.960. The molecule has 0 amide bonds. The Bertz CT molecular complexity index is 334. The van der Waals surface area contributed by atoms with E-state index >= 15 is 0 Å². The zero-order valence-corrected chi connectivity index (χ0v) is 9.55. The van der Waals surface area contributed by atoms with E-state index in [0.717, 1.165) is 24.4 Å². The maximum absolute atomic E-state index is 5.97. The van der Waals surface area contributed by atoms with Crippen molar-refractivity contribution in [3.8, 4) is 5.75 Å². The number of anilines is 1. The molecule has 1 aliphatic carbocycles. The summed E-state index contributed by atoms with van der Waals surface area (Å²) < 4.78 is 5.24. The van der Waals surface area contributed by atoms with Crippen LogP contribution >= 0.6 is 11.6 Å². The van der Waals surface area contributed by atoms with Gasteiger partial charge < -0.3 is 10.1 Å². The molecule has 0 spiro atoms. The number of alkyl halides is 1. The van der Waals surface area contributed by atoms with Crippen molar-refractivity contribution < 1.29 is 4.74 Å². The minimum Gasteiger partial charge on any atom is -0.493 e. The molecular weight excluding hydrogens is 212 g/mol. The standard InChI is InChI=1S/C11H15ClN2O/c1-15-9-4-2-7-13-10(9)14-11(8-12)5-3-6-11/h2,4,7H,3,5-6,8H2,1H3,(H,13,14). The monoisotopic (exact) mass is 226 g/mol. The van der Waals surface area contributed by atoms with E-state index in [0.29, 0.717) is 5.88 Å². The van der Waals surface area contributed by atoms with Gasteiger partial charge in [0.05, 0.1) is 12.6 Å². The van der Waals surface area contributed by atoms with Crippen molar-refractivity contribution in [2.24, 2.45) is 0 Å². The van der Waals surface area contributed by atoms with Crippen molar-refractivity contribution >= 4 is 17.4 Å². The zero-order chi connectivity index (χ0) is 10.7. The Morgan fingerprint density at radius 3 is 2.93 bits per heavy atom. The van der Waals surface area contributed by atoms with E-state index in [9.17, 15) is 0 Å². The number of aromatic nitrogens is 1. The first-order valence-electron chi connectivity index (χ1n) is 5.13. The Morgan fingerprint density at radius 1 is 1.60 bits per heavy atom. The number of methoxy groups -OCH3 is 1. The topological polar surface area (TPSA) is 34.1 Å². The van der Waals surface area contributed by atoms with E-state index in [2.05, 4.69) is 10.3 Å². The first-order chi connectivity index (χ1) is 7.29. The molecule has 1 heterocycles. The van der Waals surface area contributed by atoms with Crippen LogP contribution in [0.3, 0.4) is 0 Å². The van der Waals surface area contributed by atoms with Gasteiger partial charge in [-0.2, -0.15) is 0 Å². The zero-order valence-electron chi connectivity index (χ0n) is 8.79. The Kier molecular flexibility index (Phi) is 3.00. The number of ether oxygens (including phenoxy) is 1. The summed E-state index contributed by atoms with van der Waals surface area (Å²) >= 11 is 5.97. The maximum Gasteiger partial charge on any atom is 0.169 e. The highest BCUT2D eigenvalue weighted by atomic mass is 35.5. The van der Waals surface area contributed by atoms with Gasteiger partial charge in [-0.15, -0.1) is 11.6 Å². The van der Waals surface area contributed by atoms with Crippen molar-refractivity contribution in [2.45, 2.75) is 24.8 Å². The van der Waals surface area contributed by atoms with Gasteiger partial charge in [0.15, 0.2) is 11.6 Å². The summed E-state index contributed by atoms with van der Waals surface area (Å²) in [7, 11) is 1.65. The molecule has 1 N–H and O–H groups in total. The molecule has 4 heteroatoms. The predicted octanol–water partition coefficient (Wildman–Crippen LogP) is 2.66. The number of hydrogen-bond acceptors (Lipinski definition) is 3. The van der Waals surface area contributed by atoms with Crippen molar-refractivity contribution in [1.29, 1.82) is 0 Å². The van der Waals surface area contributed by atoms with E-state index in [1.165, 1.54) is 6.42 Å². The van der Waals surface area contributed by atoms with Crippen LogP contribution in [0.2, 0.25) is 0 Å². The first-order valence-corrected chi connectivity index (χ1v) is 5.66. The average Bonchev–Trinajstić information content (AvgIpc) is 2.24. The maximum atomic E-state index is 5.97. The van der Waals surface area contributed by atoms with E-state index in [1.807, 2.05) is 12.1 Å². The van der Waals surface area contributed by atoms with Gasteiger partial charge in [-0.1, -0.05) is 0 Å². The second kappa shape index (κ2) is 4.27. The number of nitrogens with one attached hydrogen (secondary N) is 1. The smallest absolute Gasteiger partial charge is 0.169 e. The molecule has 0 bridgehead atoms. The molecule has 82 valence electrons. The van der Waals surface area contributed by atoms with Gasteiger partial charge in [-0.3, -0.25) is 0 Å². The summed E-state index contributed by atoms with van der Waals surface area (Å²) in [5.41, 5.74) is 0.0309. The van der Waals surface area contributed by atoms with Gasteiger partial charge in [-0.05, 0) is 31.4 Å². The highest BCUT2D eigenvalue weighted by Gasteiger charge is 2.36. The number of halogens is 1. The Labute approximate surface area is 94.8 Å². The normalized spacial score (nSPS) is 18.0. The van der Waals surface area contributed by atoms with Gasteiger partial charge in [0, 0.05) is 12.1 Å². The third kappa shape index (κ3) is 2.02. The summed E-state index contributed by atoms with van der Waals surface area (Å²) in [6.07, 6.45) is 5.20. The van der Waals surface area contributed by atoms with Crippen molar-refractivity contribution in [3.63, 3.8) is 0 Å². The summed E-state index contributed by atoms with van der Waals surface area (Å²) in [5, 5.41) is 3.39. The van der Waals surface area contributed by atoms with Crippen LogP contribution in [0.25, 0.3) is 0 Å². The summed E-state index contributed by atoms with van der Waals surface area (Å²) in [6.45, 7) is 0. The summed E-state index contributed by atoms with van der Waals surface area (Å²) in [5.74, 6) is 2.18. The molecule has 15 heavy (non-hydrogen) atoms. The molecule has 3 nitrogen and oxygen atoms in total. The highest BCUT2D eigenvalue weighted by molar-refractivity contribution is 6.19. The number of hydrogen-bond donors (Lipinski definition) is 1. The molecule has 0 unspecified atom stereocenters. The second-order valence-corrected chi connectivity index (χ2v) is 4.21. The van der Waals surface area contributed by atoms with Crippen LogP contribution in [0, 0.1) is 0 Å². The predicted molar refractivity (Wildman–Crippen MR) is 61.7 cm³/mol. The largest absolute Gasteiger partial charge is 0.493 e. The minimum atomic E-state index is 0.0309. The minimum absolute atomic E-state index is 0.0309. The van der Waals surface area contributed by atoms with Gasteiger partial charge in [0.2, 0.25) is 0 Å². The second-order valence-electron chi connectivity index (χ2n) is 3.95. The van der Waals surface area contributed by atoms with Crippen LogP contribution in [0.5, 0.6) is 5.75 Å². The molecule has 1 fully saturated rings. The molecule has 1 aromatic heterocycles. The third-order valence-corrected chi connectivity index (χ3v) is 3.45. The van der Waals surface area contributed by atoms with Crippen LogP contribution in [0.15, 0.2) is 18.3 Å². The number of pyridine rings is 1. The van der Waals surface area contributed by atoms with Crippen LogP contribution in [0.4, 0.5) is 5.82 Å². The molecule has 0 atom stereocenters. The number of nitrogens with zero attached hydrogens (tertiary/aromatic N) is 1. The quantitative estimate of drug-likeness (QED) is 0.802. The first kappa shape index (κ1) is 10.6. The SMILES string of the molecule is COc1cccnc1NC1(CCl)CCC1. The molecular formula is C11H15ClN2O. The van der Waals surface area contributed by atoms with Gasteiger partial charge >= 0.3 is 0 Å². The lowest BCUT2D eigenvalue weighted by Crippen LogP contribution is -2.47. The summed E-state index contributed by atoms with van der Waals surface area (Å²) in [6, 6.07) is 3.76. The van der Waals surface area contributed by atoms with E-state index in [1.54, 1.807) is 13.3 Å². The molecule has 0 saturated heterocycles. The lowest BCUT2D eigenvalue weighted by Gasteiger charge is -2.41. The molecule has 2 rings (SSSR count). The van der Waals surface area contributed by atoms with Gasteiger partial charge in [-0.25, -0.2) is 4.98 Å². The fourth-order valence-corrected chi connectivity index (χ4v) is 2.13. The van der Waals surface area contributed by atoms with Crippen LogP contribution in [-0.2, 0) is 0 Å². The lowest BCUT2D eigenvalue weighted by molar-refractivity contribution is 0.308. The highest BCUT2D eigenvalue weighted by Crippen LogP contribution is 2.37. The molecule has 0 aliphatic heterocycles. The van der Waals surface area contributed by atoms with E-state index in [-0.39, 0.29) is 5.54 Å². The third-order valence-electron chi connectivity index (χ3n) is 2.94. The Morgan fingerprint density at radius 2 is 2.40 bits per heavy atom. The fraction of sp³-hybridized carbons (Fsp3) is 0.545. The van der Waals surface area contributed by atoms with E-state index < -0.39 is 0 Å². The molecule has 1 aromatic rings. The molecule has 0 aromatic carbocycles. The lowest BCUT2D eigenvalue weighted by atomic mass is 9.78. The van der Waals surface area contributed by atoms with Crippen LogP contribution in [0.1, 0.15) is 19.3 Å². The molecule has 1 saturated carbocycles. The van der Waals surface area contributed by atoms with Gasteiger partial charge in [0.1, 0.15) is 0 Å².